The van der Waals surface area contributed by atoms with Crippen molar-refractivity contribution in [2.24, 2.45) is 4.99 Å². The Labute approximate surface area is 138 Å². The molecule has 3 N–H and O–H groups in total. The molecule has 1 aromatic heterocycles. The zero-order valence-corrected chi connectivity index (χ0v) is 14.9. The van der Waals surface area contributed by atoms with Crippen LogP contribution < -0.4 is 20.9 Å². The molecule has 128 valence electrons. The van der Waals surface area contributed by atoms with E-state index in [1.54, 1.807) is 7.05 Å². The van der Waals surface area contributed by atoms with Crippen molar-refractivity contribution in [1.29, 1.82) is 0 Å². The number of amides is 1. The first-order chi connectivity index (χ1) is 10.7. The van der Waals surface area contributed by atoms with Crippen LogP contribution in [0.15, 0.2) is 23.2 Å². The van der Waals surface area contributed by atoms with Crippen LogP contribution in [0.25, 0.3) is 0 Å². The number of nitrogens with zero attached hydrogens (tertiary/aromatic N) is 3. The van der Waals surface area contributed by atoms with Gasteiger partial charge in [0.25, 0.3) is 0 Å². The summed E-state index contributed by atoms with van der Waals surface area (Å²) < 4.78 is 0. The van der Waals surface area contributed by atoms with Crippen molar-refractivity contribution < 1.29 is 4.79 Å². The van der Waals surface area contributed by atoms with Gasteiger partial charge in [-0.25, -0.2) is 4.98 Å². The molecule has 0 bridgehead atoms. The lowest BCUT2D eigenvalue weighted by Gasteiger charge is -2.21. The number of carbonyl (C=O) groups excluding carboxylic acids is 1. The molecular weight excluding hydrogens is 292 g/mol. The minimum absolute atomic E-state index is 0.0758. The standard InChI is InChI=1S/C16H28N6O/c1-16(2,3)21-14(23)11-19-15(17-4)18-10-12-8-7-9-13(20-12)22(5)6/h7-9H,10-11H2,1-6H3,(H,21,23)(H2,17,18,19). The second kappa shape index (κ2) is 8.36. The fourth-order valence-corrected chi connectivity index (χ4v) is 1.84. The van der Waals surface area contributed by atoms with E-state index in [4.69, 9.17) is 0 Å². The maximum absolute atomic E-state index is 11.8. The van der Waals surface area contributed by atoms with E-state index in [-0.39, 0.29) is 18.0 Å². The van der Waals surface area contributed by atoms with Gasteiger partial charge in [-0.3, -0.25) is 9.79 Å². The molecular formula is C16H28N6O. The van der Waals surface area contributed by atoms with Crippen LogP contribution in [0.4, 0.5) is 5.82 Å². The minimum atomic E-state index is -0.244. The predicted octanol–water partition coefficient (Wildman–Crippen LogP) is 0.727. The lowest BCUT2D eigenvalue weighted by atomic mass is 10.1. The molecule has 1 aromatic rings. The number of rotatable bonds is 5. The zero-order chi connectivity index (χ0) is 17.5. The average molecular weight is 320 g/mol. The van der Waals surface area contributed by atoms with Crippen LogP contribution in [-0.4, -0.2) is 50.1 Å². The highest BCUT2D eigenvalue weighted by Crippen LogP contribution is 2.07. The number of aromatic nitrogens is 1. The lowest BCUT2D eigenvalue weighted by molar-refractivity contribution is -0.121. The third kappa shape index (κ3) is 7.49. The van der Waals surface area contributed by atoms with Gasteiger partial charge in [-0.2, -0.15) is 0 Å². The molecule has 1 rings (SSSR count). The number of pyridine rings is 1. The van der Waals surface area contributed by atoms with Crippen LogP contribution in [0.5, 0.6) is 0 Å². The van der Waals surface area contributed by atoms with E-state index in [1.165, 1.54) is 0 Å². The average Bonchev–Trinajstić information content (AvgIpc) is 2.46. The van der Waals surface area contributed by atoms with E-state index in [1.807, 2.05) is 58.0 Å². The van der Waals surface area contributed by atoms with Gasteiger partial charge in [-0.05, 0) is 32.9 Å². The smallest absolute Gasteiger partial charge is 0.239 e. The van der Waals surface area contributed by atoms with Gasteiger partial charge in [0, 0.05) is 26.7 Å². The van der Waals surface area contributed by atoms with Crippen molar-refractivity contribution in [1.82, 2.24) is 20.9 Å². The van der Waals surface area contributed by atoms with Crippen molar-refractivity contribution in [2.45, 2.75) is 32.9 Å². The van der Waals surface area contributed by atoms with Gasteiger partial charge < -0.3 is 20.9 Å². The quantitative estimate of drug-likeness (QED) is 0.550. The Hall–Kier alpha value is -2.31. The maximum atomic E-state index is 11.8. The zero-order valence-electron chi connectivity index (χ0n) is 14.9. The van der Waals surface area contributed by atoms with Crippen molar-refractivity contribution in [3.8, 4) is 0 Å². The fraction of sp³-hybridized carbons (Fsp3) is 0.562. The molecule has 0 aromatic carbocycles. The first-order valence-corrected chi connectivity index (χ1v) is 7.60. The first-order valence-electron chi connectivity index (χ1n) is 7.60. The summed E-state index contributed by atoms with van der Waals surface area (Å²) in [7, 11) is 5.57. The first kappa shape index (κ1) is 18.7. The third-order valence-electron chi connectivity index (χ3n) is 2.84. The van der Waals surface area contributed by atoms with Crippen LogP contribution in [0, 0.1) is 0 Å². The highest BCUT2D eigenvalue weighted by Gasteiger charge is 2.13. The second-order valence-electron chi connectivity index (χ2n) is 6.46. The lowest BCUT2D eigenvalue weighted by Crippen LogP contribution is -2.48. The van der Waals surface area contributed by atoms with Gasteiger partial charge in [-0.15, -0.1) is 0 Å². The number of hydrogen-bond acceptors (Lipinski definition) is 4. The summed E-state index contributed by atoms with van der Waals surface area (Å²) >= 11 is 0. The molecule has 7 heteroatoms. The highest BCUT2D eigenvalue weighted by molar-refractivity contribution is 5.86. The van der Waals surface area contributed by atoms with Crippen molar-refractivity contribution >= 4 is 17.7 Å². The minimum Gasteiger partial charge on any atom is -0.363 e. The van der Waals surface area contributed by atoms with E-state index in [0.717, 1.165) is 11.5 Å². The molecule has 0 saturated heterocycles. The van der Waals surface area contributed by atoms with E-state index < -0.39 is 0 Å². The number of carbonyl (C=O) groups is 1. The van der Waals surface area contributed by atoms with Crippen LogP contribution in [0.2, 0.25) is 0 Å². The molecule has 0 saturated carbocycles. The largest absolute Gasteiger partial charge is 0.363 e. The molecule has 0 spiro atoms. The molecule has 23 heavy (non-hydrogen) atoms. The number of anilines is 1. The van der Waals surface area contributed by atoms with E-state index >= 15 is 0 Å². The van der Waals surface area contributed by atoms with Crippen LogP contribution in [0.1, 0.15) is 26.5 Å². The molecule has 0 fully saturated rings. The Kier molecular flexibility index (Phi) is 6.81. The summed E-state index contributed by atoms with van der Waals surface area (Å²) in [5.41, 5.74) is 0.657. The fourth-order valence-electron chi connectivity index (χ4n) is 1.84. The van der Waals surface area contributed by atoms with Crippen LogP contribution in [-0.2, 0) is 11.3 Å². The van der Waals surface area contributed by atoms with E-state index in [0.29, 0.717) is 12.5 Å². The third-order valence-corrected chi connectivity index (χ3v) is 2.84. The number of guanidine groups is 1. The molecule has 7 nitrogen and oxygen atoms in total. The summed E-state index contributed by atoms with van der Waals surface area (Å²) in [6.45, 7) is 6.54. The second-order valence-corrected chi connectivity index (χ2v) is 6.46. The van der Waals surface area contributed by atoms with E-state index in [9.17, 15) is 4.79 Å². The van der Waals surface area contributed by atoms with Gasteiger partial charge >= 0.3 is 0 Å². The van der Waals surface area contributed by atoms with Gasteiger partial charge in [0.15, 0.2) is 5.96 Å². The summed E-state index contributed by atoms with van der Waals surface area (Å²) in [5, 5.41) is 9.03. The van der Waals surface area contributed by atoms with E-state index in [2.05, 4.69) is 25.9 Å². The topological polar surface area (TPSA) is 81.6 Å². The van der Waals surface area contributed by atoms with Crippen molar-refractivity contribution in [3.63, 3.8) is 0 Å². The summed E-state index contributed by atoms with van der Waals surface area (Å²) in [6, 6.07) is 5.86. The SMILES string of the molecule is CN=C(NCC(=O)NC(C)(C)C)NCc1cccc(N(C)C)n1. The maximum Gasteiger partial charge on any atom is 0.239 e. The van der Waals surface area contributed by atoms with Crippen molar-refractivity contribution in [3.05, 3.63) is 23.9 Å². The molecule has 0 aliphatic carbocycles. The van der Waals surface area contributed by atoms with Gasteiger partial charge in [0.05, 0.1) is 18.8 Å². The monoisotopic (exact) mass is 320 g/mol. The Morgan fingerprint density at radius 3 is 2.52 bits per heavy atom. The molecule has 0 aliphatic heterocycles. The molecule has 0 unspecified atom stereocenters. The Balaban J connectivity index is 2.49. The summed E-state index contributed by atoms with van der Waals surface area (Å²) in [6.07, 6.45) is 0. The Morgan fingerprint density at radius 2 is 1.96 bits per heavy atom. The van der Waals surface area contributed by atoms with Crippen molar-refractivity contribution in [2.75, 3.05) is 32.6 Å². The Bertz CT molecular complexity index is 548. The van der Waals surface area contributed by atoms with Gasteiger partial charge in [-0.1, -0.05) is 6.07 Å². The summed E-state index contributed by atoms with van der Waals surface area (Å²) in [5.74, 6) is 1.39. The van der Waals surface area contributed by atoms with Crippen LogP contribution >= 0.6 is 0 Å². The Morgan fingerprint density at radius 1 is 1.26 bits per heavy atom. The normalized spacial score (nSPS) is 11.8. The number of aliphatic imine (C=N–C) groups is 1. The number of hydrogen-bond donors (Lipinski definition) is 3. The van der Waals surface area contributed by atoms with Gasteiger partial charge in [0.2, 0.25) is 5.91 Å². The van der Waals surface area contributed by atoms with Crippen LogP contribution in [0.3, 0.4) is 0 Å². The molecule has 0 radical (unpaired) electrons. The summed E-state index contributed by atoms with van der Waals surface area (Å²) in [4.78, 5) is 22.4. The molecule has 0 aliphatic rings. The number of nitrogens with one attached hydrogen (secondary N) is 3. The molecule has 1 amide bonds. The van der Waals surface area contributed by atoms with Gasteiger partial charge in [0.1, 0.15) is 5.82 Å². The predicted molar refractivity (Wildman–Crippen MR) is 94.7 cm³/mol. The molecule has 1 heterocycles. The molecule has 0 atom stereocenters. The highest BCUT2D eigenvalue weighted by atomic mass is 16.2.